The van der Waals surface area contributed by atoms with Crippen LogP contribution in [0.2, 0.25) is 0 Å². The molecule has 0 aromatic heterocycles. The van der Waals surface area contributed by atoms with Gasteiger partial charge in [-0.1, -0.05) is 6.92 Å². The summed E-state index contributed by atoms with van der Waals surface area (Å²) in [5.74, 6) is -0.142. The molecule has 1 heterocycles. The Hall–Kier alpha value is -1.13. The van der Waals surface area contributed by atoms with Crippen molar-refractivity contribution in [2.75, 3.05) is 38.1 Å². The third kappa shape index (κ3) is 3.70. The number of hydrogen-bond donors (Lipinski definition) is 1. The highest BCUT2D eigenvalue weighted by Crippen LogP contribution is 2.21. The van der Waals surface area contributed by atoms with Gasteiger partial charge in [0.2, 0.25) is 0 Å². The van der Waals surface area contributed by atoms with E-state index in [1.165, 1.54) is 6.42 Å². The average Bonchev–Trinajstić information content (AvgIpc) is 2.46. The van der Waals surface area contributed by atoms with Crippen LogP contribution >= 0.6 is 0 Å². The lowest BCUT2D eigenvalue weighted by molar-refractivity contribution is 0.193. The maximum Gasteiger partial charge on any atom is 0.125 e. The molecule has 1 saturated heterocycles. The molecule has 0 spiro atoms. The van der Waals surface area contributed by atoms with Gasteiger partial charge < -0.3 is 10.2 Å². The van der Waals surface area contributed by atoms with E-state index in [-0.39, 0.29) is 5.82 Å². The molecule has 1 fully saturated rings. The first-order valence-corrected chi connectivity index (χ1v) is 7.57. The molecule has 1 aromatic rings. The lowest BCUT2D eigenvalue weighted by Crippen LogP contribution is -2.49. The molecular formula is C16H26FN3. The zero-order valence-electron chi connectivity index (χ0n) is 12.8. The van der Waals surface area contributed by atoms with Gasteiger partial charge in [0.25, 0.3) is 0 Å². The Labute approximate surface area is 121 Å². The number of nitrogens with one attached hydrogen (secondary N) is 1. The van der Waals surface area contributed by atoms with Gasteiger partial charge in [-0.2, -0.15) is 0 Å². The number of benzene rings is 1. The minimum atomic E-state index is -0.142. The summed E-state index contributed by atoms with van der Waals surface area (Å²) in [4.78, 5) is 4.81. The van der Waals surface area contributed by atoms with Crippen LogP contribution in [0, 0.1) is 5.82 Å². The fraction of sp³-hybridized carbons (Fsp3) is 0.625. The van der Waals surface area contributed by atoms with Crippen molar-refractivity contribution < 1.29 is 4.39 Å². The number of piperazine rings is 1. The van der Waals surface area contributed by atoms with E-state index in [2.05, 4.69) is 35.0 Å². The summed E-state index contributed by atoms with van der Waals surface area (Å²) in [7, 11) is 1.88. The summed E-state index contributed by atoms with van der Waals surface area (Å²) >= 11 is 0. The predicted octanol–water partition coefficient (Wildman–Crippen LogP) is 2.47. The number of halogens is 1. The molecule has 20 heavy (non-hydrogen) atoms. The molecule has 3 nitrogen and oxygen atoms in total. The van der Waals surface area contributed by atoms with Crippen molar-refractivity contribution in [3.63, 3.8) is 0 Å². The monoisotopic (exact) mass is 279 g/mol. The Morgan fingerprint density at radius 2 is 1.90 bits per heavy atom. The standard InChI is InChI=1S/C16H26FN3/c1-4-13(2)19-5-7-20(8-6-19)16-10-14(12-18-3)9-15(17)11-16/h9-11,13,18H,4-8,12H2,1-3H3. The van der Waals surface area contributed by atoms with Crippen LogP contribution in [0.1, 0.15) is 25.8 Å². The van der Waals surface area contributed by atoms with Gasteiger partial charge in [-0.3, -0.25) is 4.90 Å². The molecule has 1 aromatic carbocycles. The third-order valence-electron chi connectivity index (χ3n) is 4.22. The van der Waals surface area contributed by atoms with Gasteiger partial charge in [0.1, 0.15) is 5.82 Å². The van der Waals surface area contributed by atoms with Crippen LogP contribution in [0.5, 0.6) is 0 Å². The van der Waals surface area contributed by atoms with Crippen LogP contribution in [0.15, 0.2) is 18.2 Å². The Balaban J connectivity index is 2.03. The van der Waals surface area contributed by atoms with Crippen LogP contribution in [0.4, 0.5) is 10.1 Å². The van der Waals surface area contributed by atoms with Crippen LogP contribution < -0.4 is 10.2 Å². The largest absolute Gasteiger partial charge is 0.369 e. The summed E-state index contributed by atoms with van der Waals surface area (Å²) in [6.07, 6.45) is 1.19. The normalized spacial score (nSPS) is 18.3. The van der Waals surface area contributed by atoms with Crippen molar-refractivity contribution in [2.45, 2.75) is 32.9 Å². The highest BCUT2D eigenvalue weighted by molar-refractivity contribution is 5.49. The minimum Gasteiger partial charge on any atom is -0.369 e. The maximum atomic E-state index is 13.7. The van der Waals surface area contributed by atoms with E-state index in [0.29, 0.717) is 12.6 Å². The second-order valence-electron chi connectivity index (χ2n) is 5.63. The molecule has 0 aliphatic carbocycles. The molecule has 0 bridgehead atoms. The SMILES string of the molecule is CCC(C)N1CCN(c2cc(F)cc(CNC)c2)CC1. The summed E-state index contributed by atoms with van der Waals surface area (Å²) in [6, 6.07) is 6.00. The van der Waals surface area contributed by atoms with E-state index in [1.807, 2.05) is 7.05 Å². The molecule has 1 N–H and O–H groups in total. The van der Waals surface area contributed by atoms with Gasteiger partial charge in [-0.15, -0.1) is 0 Å². The Morgan fingerprint density at radius 3 is 2.50 bits per heavy atom. The average molecular weight is 279 g/mol. The Bertz CT molecular complexity index is 428. The van der Waals surface area contributed by atoms with Gasteiger partial charge in [-0.25, -0.2) is 4.39 Å². The van der Waals surface area contributed by atoms with Crippen LogP contribution in [-0.2, 0) is 6.54 Å². The van der Waals surface area contributed by atoms with E-state index in [0.717, 1.165) is 37.4 Å². The Kier molecular flexibility index (Phi) is 5.38. The highest BCUT2D eigenvalue weighted by Gasteiger charge is 2.20. The van der Waals surface area contributed by atoms with Gasteiger partial charge in [0.05, 0.1) is 0 Å². The zero-order chi connectivity index (χ0) is 14.5. The number of rotatable bonds is 5. The first kappa shape index (κ1) is 15.3. The van der Waals surface area contributed by atoms with E-state index in [9.17, 15) is 4.39 Å². The van der Waals surface area contributed by atoms with Crippen LogP contribution in [0.25, 0.3) is 0 Å². The lowest BCUT2D eigenvalue weighted by Gasteiger charge is -2.39. The summed E-state index contributed by atoms with van der Waals surface area (Å²) < 4.78 is 13.7. The first-order valence-electron chi connectivity index (χ1n) is 7.57. The van der Waals surface area contributed by atoms with Crippen molar-refractivity contribution in [3.05, 3.63) is 29.6 Å². The second-order valence-corrected chi connectivity index (χ2v) is 5.63. The molecule has 1 atom stereocenters. The molecule has 1 unspecified atom stereocenters. The molecule has 1 aliphatic rings. The van der Waals surface area contributed by atoms with Gasteiger partial charge in [0.15, 0.2) is 0 Å². The molecular weight excluding hydrogens is 253 g/mol. The zero-order valence-corrected chi connectivity index (χ0v) is 12.8. The van der Waals surface area contributed by atoms with Crippen molar-refractivity contribution in [3.8, 4) is 0 Å². The second kappa shape index (κ2) is 7.04. The van der Waals surface area contributed by atoms with Crippen molar-refractivity contribution in [1.29, 1.82) is 0 Å². The quantitative estimate of drug-likeness (QED) is 0.893. The highest BCUT2D eigenvalue weighted by atomic mass is 19.1. The maximum absolute atomic E-state index is 13.7. The first-order chi connectivity index (χ1) is 9.63. The smallest absolute Gasteiger partial charge is 0.125 e. The van der Waals surface area contributed by atoms with E-state index in [1.54, 1.807) is 12.1 Å². The number of hydrogen-bond acceptors (Lipinski definition) is 3. The molecule has 1 aliphatic heterocycles. The van der Waals surface area contributed by atoms with Crippen molar-refractivity contribution in [2.24, 2.45) is 0 Å². The Morgan fingerprint density at radius 1 is 1.20 bits per heavy atom. The molecule has 2 rings (SSSR count). The molecule has 0 saturated carbocycles. The predicted molar refractivity (Wildman–Crippen MR) is 82.7 cm³/mol. The summed E-state index contributed by atoms with van der Waals surface area (Å²) in [5.41, 5.74) is 2.02. The lowest BCUT2D eigenvalue weighted by atomic mass is 10.1. The van der Waals surface area contributed by atoms with E-state index in [4.69, 9.17) is 0 Å². The number of anilines is 1. The fourth-order valence-corrected chi connectivity index (χ4v) is 2.80. The fourth-order valence-electron chi connectivity index (χ4n) is 2.80. The van der Waals surface area contributed by atoms with Gasteiger partial charge >= 0.3 is 0 Å². The summed E-state index contributed by atoms with van der Waals surface area (Å²) in [5, 5.41) is 3.08. The third-order valence-corrected chi connectivity index (χ3v) is 4.22. The summed E-state index contributed by atoms with van der Waals surface area (Å²) in [6.45, 7) is 9.30. The molecule has 0 radical (unpaired) electrons. The van der Waals surface area contributed by atoms with E-state index < -0.39 is 0 Å². The van der Waals surface area contributed by atoms with Crippen LogP contribution in [0.3, 0.4) is 0 Å². The van der Waals surface area contributed by atoms with Gasteiger partial charge in [0, 0.05) is 44.5 Å². The topological polar surface area (TPSA) is 18.5 Å². The van der Waals surface area contributed by atoms with Gasteiger partial charge in [-0.05, 0) is 44.2 Å². The van der Waals surface area contributed by atoms with Crippen molar-refractivity contribution in [1.82, 2.24) is 10.2 Å². The minimum absolute atomic E-state index is 0.142. The van der Waals surface area contributed by atoms with E-state index >= 15 is 0 Å². The number of nitrogens with zero attached hydrogens (tertiary/aromatic N) is 2. The van der Waals surface area contributed by atoms with Crippen molar-refractivity contribution >= 4 is 5.69 Å². The molecule has 4 heteroatoms. The van der Waals surface area contributed by atoms with Crippen LogP contribution in [-0.4, -0.2) is 44.2 Å². The molecule has 0 amide bonds. The molecule has 112 valence electrons.